The fraction of sp³-hybridized carbons (Fsp3) is 0.462. The molecule has 0 aliphatic rings. The van der Waals surface area contributed by atoms with Gasteiger partial charge in [0, 0.05) is 11.8 Å². The Morgan fingerprint density at radius 3 is 1.83 bits per heavy atom. The van der Waals surface area contributed by atoms with Crippen molar-refractivity contribution in [2.45, 2.75) is 79.1 Å². The SMILES string of the molecule is CC(C)c1ccc2nc(C(C)C)oc2c1.CC(C)c1ccc2nc(C(C)C)sc2c1. The van der Waals surface area contributed by atoms with Crippen molar-refractivity contribution in [1.82, 2.24) is 9.97 Å². The zero-order chi connectivity index (χ0) is 22.0. The Morgan fingerprint density at radius 2 is 1.27 bits per heavy atom. The highest BCUT2D eigenvalue weighted by Crippen LogP contribution is 2.29. The monoisotopic (exact) mass is 422 g/mol. The van der Waals surface area contributed by atoms with Gasteiger partial charge in [-0.2, -0.15) is 0 Å². The highest BCUT2D eigenvalue weighted by molar-refractivity contribution is 7.18. The smallest absolute Gasteiger partial charge is 0.198 e. The van der Waals surface area contributed by atoms with E-state index in [0.29, 0.717) is 23.7 Å². The Balaban J connectivity index is 0.000000171. The molecule has 4 heteroatoms. The number of hydrogen-bond donors (Lipinski definition) is 0. The average Bonchev–Trinajstić information content (AvgIpc) is 3.31. The molecule has 0 bridgehead atoms. The lowest BCUT2D eigenvalue weighted by atomic mass is 10.0. The fourth-order valence-electron chi connectivity index (χ4n) is 3.13. The van der Waals surface area contributed by atoms with E-state index < -0.39 is 0 Å². The Bertz CT molecular complexity index is 1020. The molecule has 4 rings (SSSR count). The molecule has 0 aliphatic heterocycles. The van der Waals surface area contributed by atoms with E-state index in [4.69, 9.17) is 4.42 Å². The average molecular weight is 423 g/mol. The van der Waals surface area contributed by atoms with Crippen LogP contribution in [0.3, 0.4) is 0 Å². The predicted molar refractivity (Wildman–Crippen MR) is 130 cm³/mol. The number of thiazole rings is 1. The van der Waals surface area contributed by atoms with Crippen LogP contribution in [0.15, 0.2) is 40.8 Å². The molecule has 30 heavy (non-hydrogen) atoms. The molecule has 0 aliphatic carbocycles. The summed E-state index contributed by atoms with van der Waals surface area (Å²) in [6.07, 6.45) is 0. The quantitative estimate of drug-likeness (QED) is 0.330. The van der Waals surface area contributed by atoms with Gasteiger partial charge in [-0.25, -0.2) is 9.97 Å². The van der Waals surface area contributed by atoms with Crippen molar-refractivity contribution < 1.29 is 4.42 Å². The van der Waals surface area contributed by atoms with Gasteiger partial charge in [-0.15, -0.1) is 11.3 Å². The van der Waals surface area contributed by atoms with Gasteiger partial charge in [-0.3, -0.25) is 0 Å². The lowest BCUT2D eigenvalue weighted by molar-refractivity contribution is 0.501. The topological polar surface area (TPSA) is 38.9 Å². The zero-order valence-corrected chi connectivity index (χ0v) is 20.3. The standard InChI is InChI=1S/C13H17NO.C13H17NS/c2*1-8(2)10-5-6-11-12(7-10)15-13(14-11)9(3)4/h2*5-9H,1-4H3. The fourth-order valence-corrected chi connectivity index (χ4v) is 4.15. The largest absolute Gasteiger partial charge is 0.440 e. The van der Waals surface area contributed by atoms with Gasteiger partial charge in [0.25, 0.3) is 0 Å². The van der Waals surface area contributed by atoms with Crippen LogP contribution in [0.1, 0.15) is 101 Å². The molecular weight excluding hydrogens is 388 g/mol. The Labute approximate surface area is 184 Å². The molecule has 0 fully saturated rings. The van der Waals surface area contributed by atoms with Crippen LogP contribution in [0, 0.1) is 0 Å². The maximum Gasteiger partial charge on any atom is 0.198 e. The summed E-state index contributed by atoms with van der Waals surface area (Å²) in [6.45, 7) is 17.4. The molecule has 3 nitrogen and oxygen atoms in total. The Morgan fingerprint density at radius 1 is 0.667 bits per heavy atom. The number of rotatable bonds is 4. The highest BCUT2D eigenvalue weighted by atomic mass is 32.1. The summed E-state index contributed by atoms with van der Waals surface area (Å²) in [6, 6.07) is 12.9. The molecule has 0 unspecified atom stereocenters. The van der Waals surface area contributed by atoms with Crippen molar-refractivity contribution >= 4 is 32.7 Å². The summed E-state index contributed by atoms with van der Waals surface area (Å²) in [4.78, 5) is 9.08. The second kappa shape index (κ2) is 9.30. The van der Waals surface area contributed by atoms with Crippen LogP contribution in [0.4, 0.5) is 0 Å². The van der Waals surface area contributed by atoms with E-state index in [9.17, 15) is 0 Å². The van der Waals surface area contributed by atoms with Crippen molar-refractivity contribution in [2.24, 2.45) is 0 Å². The number of nitrogens with zero attached hydrogens (tertiary/aromatic N) is 2. The second-order valence-corrected chi connectivity index (χ2v) is 10.2. The first kappa shape index (κ1) is 22.5. The minimum absolute atomic E-state index is 0.347. The van der Waals surface area contributed by atoms with Crippen LogP contribution in [0.5, 0.6) is 0 Å². The molecule has 0 spiro atoms. The minimum atomic E-state index is 0.347. The lowest BCUT2D eigenvalue weighted by Gasteiger charge is -2.03. The summed E-state index contributed by atoms with van der Waals surface area (Å²) in [5.74, 6) is 2.83. The molecule has 2 heterocycles. The first-order valence-electron chi connectivity index (χ1n) is 11.0. The molecule has 0 saturated heterocycles. The first-order valence-corrected chi connectivity index (χ1v) is 11.8. The van der Waals surface area contributed by atoms with Crippen LogP contribution < -0.4 is 0 Å². The summed E-state index contributed by atoms with van der Waals surface area (Å²) in [7, 11) is 0. The van der Waals surface area contributed by atoms with Gasteiger partial charge in [-0.1, -0.05) is 67.5 Å². The predicted octanol–water partition coefficient (Wildman–Crippen LogP) is 8.62. The van der Waals surface area contributed by atoms with Crippen LogP contribution >= 0.6 is 11.3 Å². The van der Waals surface area contributed by atoms with E-state index in [2.05, 4.69) is 95.7 Å². The van der Waals surface area contributed by atoms with Gasteiger partial charge in [-0.05, 0) is 47.2 Å². The maximum absolute atomic E-state index is 5.71. The van der Waals surface area contributed by atoms with Crippen LogP contribution in [-0.2, 0) is 0 Å². The zero-order valence-electron chi connectivity index (χ0n) is 19.5. The van der Waals surface area contributed by atoms with Crippen LogP contribution in [0.25, 0.3) is 21.3 Å². The van der Waals surface area contributed by atoms with E-state index in [1.807, 2.05) is 17.4 Å². The summed E-state index contributed by atoms with van der Waals surface area (Å²) in [5, 5.41) is 1.24. The number of oxazole rings is 1. The van der Waals surface area contributed by atoms with E-state index in [0.717, 1.165) is 22.5 Å². The van der Waals surface area contributed by atoms with E-state index in [1.54, 1.807) is 0 Å². The van der Waals surface area contributed by atoms with Crippen LogP contribution in [-0.4, -0.2) is 9.97 Å². The summed E-state index contributed by atoms with van der Waals surface area (Å²) in [5.41, 5.74) is 5.72. The third-order valence-electron chi connectivity index (χ3n) is 5.18. The molecule has 0 saturated carbocycles. The molecule has 0 N–H and O–H groups in total. The van der Waals surface area contributed by atoms with E-state index in [1.165, 1.54) is 20.8 Å². The Hall–Kier alpha value is -2.20. The summed E-state index contributed by atoms with van der Waals surface area (Å²) < 4.78 is 7.03. The van der Waals surface area contributed by atoms with Crippen molar-refractivity contribution in [1.29, 1.82) is 0 Å². The van der Waals surface area contributed by atoms with E-state index in [-0.39, 0.29) is 0 Å². The highest BCUT2D eigenvalue weighted by Gasteiger charge is 2.10. The van der Waals surface area contributed by atoms with Gasteiger partial charge < -0.3 is 4.42 Å². The normalized spacial score (nSPS) is 11.9. The lowest BCUT2D eigenvalue weighted by Crippen LogP contribution is -1.85. The number of aromatic nitrogens is 2. The third kappa shape index (κ3) is 5.10. The Kier molecular flexibility index (Phi) is 6.97. The molecule has 4 aromatic rings. The molecule has 0 atom stereocenters. The minimum Gasteiger partial charge on any atom is -0.440 e. The van der Waals surface area contributed by atoms with E-state index >= 15 is 0 Å². The third-order valence-corrected chi connectivity index (χ3v) is 6.50. The van der Waals surface area contributed by atoms with Gasteiger partial charge in [0.1, 0.15) is 5.52 Å². The van der Waals surface area contributed by atoms with Gasteiger partial charge >= 0.3 is 0 Å². The molecule has 160 valence electrons. The van der Waals surface area contributed by atoms with Crippen LogP contribution in [0.2, 0.25) is 0 Å². The van der Waals surface area contributed by atoms with Gasteiger partial charge in [0.2, 0.25) is 0 Å². The van der Waals surface area contributed by atoms with Crippen molar-refractivity contribution in [3.05, 3.63) is 58.4 Å². The van der Waals surface area contributed by atoms with Crippen molar-refractivity contribution in [2.75, 3.05) is 0 Å². The van der Waals surface area contributed by atoms with Crippen molar-refractivity contribution in [3.63, 3.8) is 0 Å². The molecule has 2 aromatic carbocycles. The molecule has 0 amide bonds. The number of benzene rings is 2. The molecule has 0 radical (unpaired) electrons. The number of fused-ring (bicyclic) bond motifs is 2. The maximum atomic E-state index is 5.71. The van der Waals surface area contributed by atoms with Crippen molar-refractivity contribution in [3.8, 4) is 0 Å². The van der Waals surface area contributed by atoms with Gasteiger partial charge in [0.05, 0.1) is 15.2 Å². The molecule has 2 aromatic heterocycles. The first-order chi connectivity index (χ1) is 14.2. The number of hydrogen-bond acceptors (Lipinski definition) is 4. The molecular formula is C26H34N2OS. The summed E-state index contributed by atoms with van der Waals surface area (Å²) >= 11 is 1.83. The van der Waals surface area contributed by atoms with Gasteiger partial charge in [0.15, 0.2) is 11.5 Å². The second-order valence-electron chi connectivity index (χ2n) is 9.18.